The molecule has 5 rings (SSSR count). The number of nitrogens with zero attached hydrogens (tertiary/aromatic N) is 2. The van der Waals surface area contributed by atoms with Gasteiger partial charge in [-0.05, 0) is 128 Å². The summed E-state index contributed by atoms with van der Waals surface area (Å²) in [5, 5.41) is 34.4. The van der Waals surface area contributed by atoms with Gasteiger partial charge in [0, 0.05) is 126 Å². The summed E-state index contributed by atoms with van der Waals surface area (Å²) in [5.74, 6) is -8.85. The molecule has 0 saturated carbocycles. The zero-order valence-corrected chi connectivity index (χ0v) is 81.1. The average molecular weight is 1930 g/mol. The van der Waals surface area contributed by atoms with Gasteiger partial charge in [0.15, 0.2) is 17.3 Å². The van der Waals surface area contributed by atoms with E-state index in [-0.39, 0.29) is 222 Å². The van der Waals surface area contributed by atoms with Gasteiger partial charge < -0.3 is 82.4 Å². The van der Waals surface area contributed by atoms with Crippen molar-refractivity contribution in [3.8, 4) is 0 Å². The number of thioether (sulfide) groups is 3. The zero-order valence-electron chi connectivity index (χ0n) is 77.9. The van der Waals surface area contributed by atoms with Gasteiger partial charge in [0.2, 0.25) is 35.4 Å². The Balaban J connectivity index is -0.000000849. The SMILES string of the molecule is COC(=O)CCN.COC(=O)CCNC(=O)[C@@H](CC(=O)[C@H](CC(C)C)NC(=O)[C@@H](CC=O)CCSC)Cc1ccccc1.CSCC[C@H](CC=O)C(=O)N[C@@H](CC(C)C)C(=O)C[C@@H](Cc1ccccc1)C(=O)NCCC(=O)O.CSCC[C@H](CC=O)C(=O)N[C@@H](CC(C)C)C(=O)C[C@@H](Cc1ccccc1)C(=O)NCCC(=O)ON1C(=O)CCC1=O.Cl.O.O=C1CCC(=O)N1O.[Li+].[OH-]. The molecule has 0 bridgehead atoms. The number of carboxylic acid groups (broad SMARTS) is 1. The molecule has 2 aliphatic rings. The molecule has 2 fully saturated rings. The second-order valence-electron chi connectivity index (χ2n) is 31.7. The molecule has 3 aromatic rings. The number of hydrogen-bond donors (Lipinski definition) is 9. The molecule has 2 aliphatic heterocycles. The van der Waals surface area contributed by atoms with Crippen molar-refractivity contribution in [2.75, 3.05) is 76.4 Å². The number of nitrogens with two attached hydrogens (primary N) is 1. The predicted molar refractivity (Wildman–Crippen MR) is 497 cm³/mol. The summed E-state index contributed by atoms with van der Waals surface area (Å²) in [6.45, 7) is 12.0. The summed E-state index contributed by atoms with van der Waals surface area (Å²) < 4.78 is 8.88. The molecule has 9 atom stereocenters. The number of carbonyl (C=O) groups is 20. The van der Waals surface area contributed by atoms with Crippen molar-refractivity contribution < 1.29 is 150 Å². The number of amides is 10. The largest absolute Gasteiger partial charge is 1.00 e. The fourth-order valence-electron chi connectivity index (χ4n) is 12.9. The van der Waals surface area contributed by atoms with Gasteiger partial charge in [0.25, 0.3) is 23.6 Å². The first-order valence-corrected chi connectivity index (χ1v) is 47.0. The average Bonchev–Trinajstić information content (AvgIpc) is 1.55. The number of carbonyl (C=O) groups excluding carboxylic acids is 19. The van der Waals surface area contributed by atoms with E-state index in [1.54, 1.807) is 35.3 Å². The van der Waals surface area contributed by atoms with Gasteiger partial charge in [-0.1, -0.05) is 133 Å². The third-order valence-electron chi connectivity index (χ3n) is 19.9. The summed E-state index contributed by atoms with van der Waals surface area (Å²) in [6.07, 6.45) is 11.8. The van der Waals surface area contributed by atoms with Gasteiger partial charge in [-0.15, -0.1) is 17.5 Å². The molecule has 36 nitrogen and oxygen atoms in total. The van der Waals surface area contributed by atoms with E-state index < -0.39 is 107 Å². The molecular formula is C91H137ClLiN9O27S3. The van der Waals surface area contributed by atoms with Crippen LogP contribution in [0.1, 0.15) is 187 Å². The number of aliphatic carboxylic acids is 1. The summed E-state index contributed by atoms with van der Waals surface area (Å²) in [4.78, 5) is 245. The Labute approximate surface area is 804 Å². The zero-order chi connectivity index (χ0) is 96.1. The molecule has 734 valence electrons. The van der Waals surface area contributed by atoms with Crippen LogP contribution in [0, 0.1) is 53.3 Å². The van der Waals surface area contributed by atoms with E-state index in [1.165, 1.54) is 14.2 Å². The normalized spacial score (nSPS) is 13.7. The van der Waals surface area contributed by atoms with Crippen LogP contribution in [0.3, 0.4) is 0 Å². The molecule has 0 unspecified atom stereocenters. The minimum Gasteiger partial charge on any atom is -0.870 e. The number of hydrogen-bond acceptors (Lipinski definition) is 29. The summed E-state index contributed by atoms with van der Waals surface area (Å²) in [6, 6.07) is 25.5. The van der Waals surface area contributed by atoms with Crippen LogP contribution in [-0.4, -0.2) is 245 Å². The second-order valence-corrected chi connectivity index (χ2v) is 34.7. The molecule has 41 heteroatoms. The number of hydroxylamine groups is 4. The molecule has 10 amide bonds. The molecule has 13 N–H and O–H groups in total. The third-order valence-corrected chi connectivity index (χ3v) is 21.8. The van der Waals surface area contributed by atoms with E-state index in [2.05, 4.69) is 41.4 Å². The van der Waals surface area contributed by atoms with Gasteiger partial charge in [-0.2, -0.15) is 40.3 Å². The van der Waals surface area contributed by atoms with Gasteiger partial charge in [0.05, 0.1) is 58.0 Å². The number of ether oxygens (including phenoxy) is 2. The first-order valence-electron chi connectivity index (χ1n) is 42.8. The number of nitrogens with one attached hydrogen (secondary N) is 6. The molecule has 2 saturated heterocycles. The maximum absolute atomic E-state index is 13.5. The molecule has 0 spiro atoms. The van der Waals surface area contributed by atoms with Crippen LogP contribution in [0.25, 0.3) is 0 Å². The van der Waals surface area contributed by atoms with E-state index in [0.29, 0.717) is 81.4 Å². The van der Waals surface area contributed by atoms with Gasteiger partial charge in [0.1, 0.15) is 18.9 Å². The van der Waals surface area contributed by atoms with E-state index in [1.807, 2.05) is 151 Å². The van der Waals surface area contributed by atoms with Crippen LogP contribution in [0.2, 0.25) is 0 Å². The number of ketones is 3. The standard InChI is InChI=1S/C30H41N3O8S.C27H40N2O6S.C26H38N2O6S.C4H5NO3.C4H9NO2.ClH.Li.2H2O/c1-20(2)17-24(32-30(40)22(12-15-34)13-16-42-3)25(35)19-23(18-21-7-5-4-6-8-21)29(39)31-14-11-28(38)41-33-26(36)9-10-27(33)37;1-19(2)16-23(29-27(34)21(11-14-30)12-15-36-4)24(31)18-22(17-20-8-6-5-7-9-20)26(33)28-13-10-25(32)35-3;1-18(2)15-22(28-26(34)20(10-13-29)11-14-35-3)23(30)17-21(16-19-7-5-4-6-8-19)25(33)27-12-9-24(31)32;6-3-1-2-4(7)5(3)8;1-7-4(6)2-3-5;;;;/h4-8,15,20,22-24H,9-14,16-19H2,1-3H3,(H,31,39)(H,32,40);5-9,14,19,21-23H,10-13,15-18H2,1-4H3,(H,28,33)(H,29,34);4-8,13,18,20-22H,9-12,14-17H2,1-3H3,(H,27,33)(H,28,34)(H,31,32);8H,1-2H2;2-3,5H2,1H3;1H;;2*1H2/q;;;;;;+1;;/p-1/t22-,23+,24-;21-,22+,23-;20-,21+,22-;;;;;;/m000....../s1. The van der Waals surface area contributed by atoms with Crippen LogP contribution < -0.4 is 56.5 Å². The molecule has 0 aromatic heterocycles. The van der Waals surface area contributed by atoms with Crippen molar-refractivity contribution in [3.05, 3.63) is 108 Å². The van der Waals surface area contributed by atoms with Crippen LogP contribution in [-0.2, 0) is 129 Å². The van der Waals surface area contributed by atoms with Crippen molar-refractivity contribution in [1.82, 2.24) is 42.0 Å². The van der Waals surface area contributed by atoms with Crippen LogP contribution in [0.4, 0.5) is 0 Å². The quantitative estimate of drug-likeness (QED) is 0.0128. The Morgan fingerprint density at radius 2 is 0.705 bits per heavy atom. The maximum Gasteiger partial charge on any atom is 1.00 e. The fraction of sp³-hybridized carbons (Fsp3) is 0.582. The fourth-order valence-corrected chi connectivity index (χ4v) is 14.5. The maximum atomic E-state index is 13.5. The number of rotatable bonds is 57. The second kappa shape index (κ2) is 75.8. The Hall–Kier alpha value is -9.56. The molecule has 0 radical (unpaired) electrons. The third kappa shape index (κ3) is 56.5. The number of carboxylic acids is 1. The summed E-state index contributed by atoms with van der Waals surface area (Å²) in [5.41, 5.74) is 7.63. The number of halogens is 1. The number of esters is 2. The topological polar surface area (TPSA) is 576 Å². The Morgan fingerprint density at radius 3 is 0.939 bits per heavy atom. The van der Waals surface area contributed by atoms with Gasteiger partial charge >= 0.3 is 42.7 Å². The Morgan fingerprint density at radius 1 is 0.432 bits per heavy atom. The van der Waals surface area contributed by atoms with Crippen LogP contribution in [0.15, 0.2) is 91.0 Å². The first kappa shape index (κ1) is 129. The number of benzene rings is 3. The van der Waals surface area contributed by atoms with Gasteiger partial charge in [-0.3, -0.25) is 81.9 Å². The van der Waals surface area contributed by atoms with E-state index >= 15 is 0 Å². The number of methoxy groups -OCH3 is 2. The number of Topliss-reactive ketones (excluding diaryl/α,β-unsaturated/α-hetero) is 3. The Bertz CT molecular complexity index is 3980. The molecule has 3 aromatic carbocycles. The molecule has 132 heavy (non-hydrogen) atoms. The minimum absolute atomic E-state index is 0. The summed E-state index contributed by atoms with van der Waals surface area (Å²) in [7, 11) is 2.63. The van der Waals surface area contributed by atoms with Crippen LogP contribution >= 0.6 is 47.7 Å². The van der Waals surface area contributed by atoms with Crippen molar-refractivity contribution in [1.29, 1.82) is 0 Å². The van der Waals surface area contributed by atoms with E-state index in [4.69, 9.17) is 20.9 Å². The van der Waals surface area contributed by atoms with Crippen molar-refractivity contribution in [2.45, 2.75) is 207 Å². The molecular weight excluding hydrogens is 1790 g/mol. The molecule has 0 aliphatic carbocycles. The summed E-state index contributed by atoms with van der Waals surface area (Å²) >= 11 is 4.75. The van der Waals surface area contributed by atoms with Crippen molar-refractivity contribution in [3.63, 3.8) is 0 Å². The van der Waals surface area contributed by atoms with E-state index in [0.717, 1.165) is 40.8 Å². The van der Waals surface area contributed by atoms with Crippen LogP contribution in [0.5, 0.6) is 0 Å². The molecule has 2 heterocycles. The van der Waals surface area contributed by atoms with E-state index in [9.17, 15) is 95.9 Å². The number of imide groups is 2. The predicted octanol–water partition coefficient (Wildman–Crippen LogP) is 3.72. The minimum atomic E-state index is -1.02. The monoisotopic (exact) mass is 1930 g/mol. The Kier molecular flexibility index (Phi) is 73.9. The number of aldehydes is 3. The van der Waals surface area contributed by atoms with Crippen molar-refractivity contribution in [2.24, 2.45) is 59.0 Å². The van der Waals surface area contributed by atoms with Gasteiger partial charge in [-0.25, -0.2) is 4.79 Å². The first-order chi connectivity index (χ1) is 61.0. The van der Waals surface area contributed by atoms with Crippen molar-refractivity contribution >= 4 is 167 Å². The smallest absolute Gasteiger partial charge is 0.870 e.